The Balaban J connectivity index is 1.66. The Bertz CT molecular complexity index is 766. The lowest BCUT2D eigenvalue weighted by atomic mass is 10.1. The van der Waals surface area contributed by atoms with Crippen molar-refractivity contribution in [3.8, 4) is 11.5 Å². The maximum atomic E-state index is 12.9. The second-order valence-electron chi connectivity index (χ2n) is 6.64. The van der Waals surface area contributed by atoms with Crippen LogP contribution in [-0.4, -0.2) is 50.2 Å². The van der Waals surface area contributed by atoms with Crippen LogP contribution in [0.4, 0.5) is 5.69 Å². The number of amides is 1. The highest BCUT2D eigenvalue weighted by Gasteiger charge is 2.23. The van der Waals surface area contributed by atoms with Crippen molar-refractivity contribution in [1.82, 2.24) is 4.90 Å². The minimum Gasteiger partial charge on any atom is -0.490 e. The second-order valence-corrected chi connectivity index (χ2v) is 6.64. The van der Waals surface area contributed by atoms with E-state index in [9.17, 15) is 4.79 Å². The Labute approximate surface area is 161 Å². The predicted molar refractivity (Wildman–Crippen MR) is 108 cm³/mol. The van der Waals surface area contributed by atoms with E-state index in [1.165, 1.54) is 11.3 Å². The fourth-order valence-electron chi connectivity index (χ4n) is 3.29. The number of aryl methyl sites for hydroxylation is 1. The highest BCUT2D eigenvalue weighted by Crippen LogP contribution is 2.29. The fraction of sp³-hybridized carbons (Fsp3) is 0.409. The van der Waals surface area contributed by atoms with Crippen LogP contribution in [0.1, 0.15) is 29.8 Å². The maximum Gasteiger partial charge on any atom is 0.254 e. The van der Waals surface area contributed by atoms with Gasteiger partial charge in [-0.3, -0.25) is 4.79 Å². The summed E-state index contributed by atoms with van der Waals surface area (Å²) in [6, 6.07) is 14.0. The van der Waals surface area contributed by atoms with E-state index < -0.39 is 0 Å². The van der Waals surface area contributed by atoms with Crippen molar-refractivity contribution < 1.29 is 14.3 Å². The largest absolute Gasteiger partial charge is 0.490 e. The van der Waals surface area contributed by atoms with Gasteiger partial charge in [-0.25, -0.2) is 0 Å². The molecule has 0 aliphatic carbocycles. The molecule has 0 unspecified atom stereocenters. The zero-order valence-corrected chi connectivity index (χ0v) is 16.4. The van der Waals surface area contributed by atoms with Crippen LogP contribution < -0.4 is 14.4 Å². The normalized spacial score (nSPS) is 14.2. The lowest BCUT2D eigenvalue weighted by molar-refractivity contribution is 0.0746. The molecule has 2 aromatic carbocycles. The van der Waals surface area contributed by atoms with Crippen LogP contribution in [0.2, 0.25) is 0 Å². The van der Waals surface area contributed by atoms with Crippen molar-refractivity contribution >= 4 is 11.6 Å². The van der Waals surface area contributed by atoms with Crippen LogP contribution in [0.15, 0.2) is 42.5 Å². The zero-order chi connectivity index (χ0) is 19.2. The van der Waals surface area contributed by atoms with Gasteiger partial charge in [0, 0.05) is 37.4 Å². The van der Waals surface area contributed by atoms with Gasteiger partial charge in [0.25, 0.3) is 5.91 Å². The number of carbonyl (C=O) groups is 1. The van der Waals surface area contributed by atoms with Gasteiger partial charge >= 0.3 is 0 Å². The lowest BCUT2D eigenvalue weighted by Gasteiger charge is -2.36. The van der Waals surface area contributed by atoms with E-state index >= 15 is 0 Å². The number of ether oxygens (including phenoxy) is 2. The molecule has 27 heavy (non-hydrogen) atoms. The molecule has 0 bridgehead atoms. The van der Waals surface area contributed by atoms with Crippen molar-refractivity contribution in [3.63, 3.8) is 0 Å². The molecule has 1 amide bonds. The smallest absolute Gasteiger partial charge is 0.254 e. The molecule has 1 aliphatic heterocycles. The molecule has 0 aromatic heterocycles. The van der Waals surface area contributed by atoms with E-state index in [2.05, 4.69) is 36.1 Å². The van der Waals surface area contributed by atoms with E-state index in [0.717, 1.165) is 13.1 Å². The summed E-state index contributed by atoms with van der Waals surface area (Å²) in [6.45, 7) is 10.1. The monoisotopic (exact) mass is 368 g/mol. The summed E-state index contributed by atoms with van der Waals surface area (Å²) in [5.41, 5.74) is 3.12. The first-order valence-corrected chi connectivity index (χ1v) is 9.63. The standard InChI is InChI=1S/C22H28N2O3/c1-4-26-20-11-8-18(16-21(20)27-5-2)22(25)24-14-12-23(13-15-24)19-9-6-17(3)7-10-19/h6-11,16H,4-5,12-15H2,1-3H3. The van der Waals surface area contributed by atoms with Crippen molar-refractivity contribution in [2.45, 2.75) is 20.8 Å². The quantitative estimate of drug-likeness (QED) is 0.779. The van der Waals surface area contributed by atoms with Crippen molar-refractivity contribution in [2.75, 3.05) is 44.3 Å². The highest BCUT2D eigenvalue weighted by molar-refractivity contribution is 5.95. The molecule has 0 spiro atoms. The first-order chi connectivity index (χ1) is 13.1. The number of nitrogens with zero attached hydrogens (tertiary/aromatic N) is 2. The Morgan fingerprint density at radius 2 is 1.52 bits per heavy atom. The highest BCUT2D eigenvalue weighted by atomic mass is 16.5. The Hall–Kier alpha value is -2.69. The van der Waals surface area contributed by atoms with E-state index in [1.54, 1.807) is 6.07 Å². The van der Waals surface area contributed by atoms with E-state index in [4.69, 9.17) is 9.47 Å². The van der Waals surface area contributed by atoms with Gasteiger partial charge in [0.2, 0.25) is 0 Å². The number of carbonyl (C=O) groups excluding carboxylic acids is 1. The second kappa shape index (κ2) is 8.80. The summed E-state index contributed by atoms with van der Waals surface area (Å²) in [5, 5.41) is 0. The molecule has 0 atom stereocenters. The topological polar surface area (TPSA) is 42.0 Å². The van der Waals surface area contributed by atoms with Gasteiger partial charge in [-0.05, 0) is 51.1 Å². The van der Waals surface area contributed by atoms with E-state index in [0.29, 0.717) is 43.4 Å². The van der Waals surface area contributed by atoms with Crippen molar-refractivity contribution in [3.05, 3.63) is 53.6 Å². The van der Waals surface area contributed by atoms with Gasteiger partial charge in [-0.1, -0.05) is 17.7 Å². The van der Waals surface area contributed by atoms with E-state index in [1.807, 2.05) is 30.9 Å². The Morgan fingerprint density at radius 3 is 2.15 bits per heavy atom. The molecule has 0 saturated carbocycles. The van der Waals surface area contributed by atoms with E-state index in [-0.39, 0.29) is 5.91 Å². The summed E-state index contributed by atoms with van der Waals surface area (Å²) in [5.74, 6) is 1.35. The summed E-state index contributed by atoms with van der Waals surface area (Å²) >= 11 is 0. The number of rotatable bonds is 6. The average Bonchev–Trinajstić information content (AvgIpc) is 2.70. The van der Waals surface area contributed by atoms with Crippen LogP contribution in [0.3, 0.4) is 0 Å². The first-order valence-electron chi connectivity index (χ1n) is 9.63. The molecule has 144 valence electrons. The summed E-state index contributed by atoms with van der Waals surface area (Å²) in [6.07, 6.45) is 0. The van der Waals surface area contributed by atoms with Crippen LogP contribution in [-0.2, 0) is 0 Å². The first kappa shape index (κ1) is 19.1. The SMILES string of the molecule is CCOc1ccc(C(=O)N2CCN(c3ccc(C)cc3)CC2)cc1OCC. The minimum absolute atomic E-state index is 0.0440. The molecule has 1 saturated heterocycles. The molecule has 0 N–H and O–H groups in total. The third kappa shape index (κ3) is 4.54. The van der Waals surface area contributed by atoms with Crippen LogP contribution in [0, 0.1) is 6.92 Å². The van der Waals surface area contributed by atoms with Gasteiger partial charge in [0.1, 0.15) is 0 Å². The average molecular weight is 368 g/mol. The summed E-state index contributed by atoms with van der Waals surface area (Å²) in [4.78, 5) is 17.2. The zero-order valence-electron chi connectivity index (χ0n) is 16.4. The molecular formula is C22H28N2O3. The number of piperazine rings is 1. The third-order valence-corrected chi connectivity index (χ3v) is 4.76. The van der Waals surface area contributed by atoms with Gasteiger partial charge in [0.05, 0.1) is 13.2 Å². The van der Waals surface area contributed by atoms with Gasteiger partial charge in [-0.2, -0.15) is 0 Å². The molecule has 3 rings (SSSR count). The van der Waals surface area contributed by atoms with Crippen LogP contribution in [0.5, 0.6) is 11.5 Å². The molecule has 1 aliphatic rings. The Morgan fingerprint density at radius 1 is 0.889 bits per heavy atom. The molecule has 2 aromatic rings. The van der Waals surface area contributed by atoms with Crippen molar-refractivity contribution in [1.29, 1.82) is 0 Å². The molecular weight excluding hydrogens is 340 g/mol. The van der Waals surface area contributed by atoms with Crippen LogP contribution in [0.25, 0.3) is 0 Å². The van der Waals surface area contributed by atoms with Gasteiger partial charge in [0.15, 0.2) is 11.5 Å². The summed E-state index contributed by atoms with van der Waals surface area (Å²) < 4.78 is 11.2. The lowest BCUT2D eigenvalue weighted by Crippen LogP contribution is -2.48. The summed E-state index contributed by atoms with van der Waals surface area (Å²) in [7, 11) is 0. The molecule has 1 fully saturated rings. The number of hydrogen-bond donors (Lipinski definition) is 0. The number of benzene rings is 2. The maximum absolute atomic E-state index is 12.9. The van der Waals surface area contributed by atoms with Crippen LogP contribution >= 0.6 is 0 Å². The molecule has 1 heterocycles. The molecule has 5 heteroatoms. The molecule has 5 nitrogen and oxygen atoms in total. The van der Waals surface area contributed by atoms with Gasteiger partial charge < -0.3 is 19.3 Å². The fourth-order valence-corrected chi connectivity index (χ4v) is 3.29. The molecule has 0 radical (unpaired) electrons. The Kier molecular flexibility index (Phi) is 6.22. The third-order valence-electron chi connectivity index (χ3n) is 4.76. The number of anilines is 1. The minimum atomic E-state index is 0.0440. The predicted octanol–water partition coefficient (Wildman–Crippen LogP) is 3.75. The number of hydrogen-bond acceptors (Lipinski definition) is 4. The van der Waals surface area contributed by atoms with Gasteiger partial charge in [-0.15, -0.1) is 0 Å². The van der Waals surface area contributed by atoms with Crippen molar-refractivity contribution in [2.24, 2.45) is 0 Å².